The lowest BCUT2D eigenvalue weighted by Gasteiger charge is -2.34. The molecule has 0 saturated carbocycles. The van der Waals surface area contributed by atoms with Crippen LogP contribution in [0.15, 0.2) is 72.3 Å². The van der Waals surface area contributed by atoms with E-state index in [4.69, 9.17) is 4.74 Å². The molecule has 0 aliphatic heterocycles. The topological polar surface area (TPSA) is 29.5 Å². The largest absolute Gasteiger partial charge is 0.368 e. The predicted octanol–water partition coefficient (Wildman–Crippen LogP) is 6.06. The molecule has 0 heterocycles. The highest BCUT2D eigenvalue weighted by molar-refractivity contribution is 5.35. The van der Waals surface area contributed by atoms with Gasteiger partial charge in [0.1, 0.15) is 5.60 Å². The van der Waals surface area contributed by atoms with Gasteiger partial charge in [0.15, 0.2) is 6.29 Å². The average molecular weight is 353 g/mol. The zero-order valence-electron chi connectivity index (χ0n) is 16.5. The Balaban J connectivity index is 2.11. The lowest BCUT2D eigenvalue weighted by molar-refractivity contribution is -0.175. The van der Waals surface area contributed by atoms with Crippen LogP contribution in [0.25, 0.3) is 0 Å². The van der Waals surface area contributed by atoms with Crippen LogP contribution in [0.2, 0.25) is 0 Å². The Bertz CT molecular complexity index is 632. The number of aliphatic hydroxyl groups is 1. The minimum atomic E-state index is -0.804. The molecule has 0 aliphatic rings. The van der Waals surface area contributed by atoms with E-state index in [9.17, 15) is 5.11 Å². The van der Waals surface area contributed by atoms with Crippen molar-refractivity contribution in [2.24, 2.45) is 5.92 Å². The highest BCUT2D eigenvalue weighted by atomic mass is 16.6. The number of ether oxygens (including phenoxy) is 1. The number of benzene rings is 2. The maximum Gasteiger partial charge on any atom is 0.156 e. The van der Waals surface area contributed by atoms with Crippen molar-refractivity contribution in [2.45, 2.75) is 58.8 Å². The molecule has 0 saturated heterocycles. The summed E-state index contributed by atoms with van der Waals surface area (Å²) in [5.41, 5.74) is 2.75. The fourth-order valence-electron chi connectivity index (χ4n) is 3.25. The molecule has 2 nitrogen and oxygen atoms in total. The van der Waals surface area contributed by atoms with Gasteiger partial charge in [-0.2, -0.15) is 0 Å². The van der Waals surface area contributed by atoms with Gasteiger partial charge in [-0.1, -0.05) is 79.2 Å². The number of hydrogen-bond acceptors (Lipinski definition) is 2. The van der Waals surface area contributed by atoms with Gasteiger partial charge in [0, 0.05) is 6.42 Å². The summed E-state index contributed by atoms with van der Waals surface area (Å²) in [6.07, 6.45) is 4.18. The average Bonchev–Trinajstić information content (AvgIpc) is 2.62. The van der Waals surface area contributed by atoms with Gasteiger partial charge in [-0.05, 0) is 50.7 Å². The second-order valence-corrected chi connectivity index (χ2v) is 7.54. The van der Waals surface area contributed by atoms with Crippen LogP contribution in [-0.4, -0.2) is 11.4 Å². The van der Waals surface area contributed by atoms with Crippen molar-refractivity contribution in [3.05, 3.63) is 83.4 Å². The minimum Gasteiger partial charge on any atom is -0.368 e. The summed E-state index contributed by atoms with van der Waals surface area (Å²) in [6, 6.07) is 20.2. The molecule has 26 heavy (non-hydrogen) atoms. The molecule has 0 aliphatic carbocycles. The van der Waals surface area contributed by atoms with Crippen molar-refractivity contribution < 1.29 is 9.84 Å². The summed E-state index contributed by atoms with van der Waals surface area (Å²) in [4.78, 5) is 0. The van der Waals surface area contributed by atoms with Crippen molar-refractivity contribution in [3.8, 4) is 0 Å². The third-order valence-corrected chi connectivity index (χ3v) is 4.84. The van der Waals surface area contributed by atoms with Gasteiger partial charge in [0.25, 0.3) is 0 Å². The molecular formula is C24H32O2. The van der Waals surface area contributed by atoms with E-state index >= 15 is 0 Å². The summed E-state index contributed by atoms with van der Waals surface area (Å²) in [6.45, 7) is 8.45. The van der Waals surface area contributed by atoms with Crippen molar-refractivity contribution in [1.29, 1.82) is 0 Å². The van der Waals surface area contributed by atoms with Crippen LogP contribution in [0.1, 0.15) is 58.1 Å². The first-order valence-corrected chi connectivity index (χ1v) is 9.52. The van der Waals surface area contributed by atoms with Gasteiger partial charge < -0.3 is 9.84 Å². The molecular weight excluding hydrogens is 320 g/mol. The summed E-state index contributed by atoms with van der Waals surface area (Å²) < 4.78 is 6.25. The molecule has 0 fully saturated rings. The zero-order valence-corrected chi connectivity index (χ0v) is 16.5. The molecule has 0 bridgehead atoms. The smallest absolute Gasteiger partial charge is 0.156 e. The predicted molar refractivity (Wildman–Crippen MR) is 109 cm³/mol. The van der Waals surface area contributed by atoms with Crippen LogP contribution in [0, 0.1) is 5.92 Å². The first-order valence-electron chi connectivity index (χ1n) is 9.52. The molecule has 0 spiro atoms. The quantitative estimate of drug-likeness (QED) is 0.439. The number of aliphatic hydroxyl groups excluding tert-OH is 1. The lowest BCUT2D eigenvalue weighted by Crippen LogP contribution is -2.33. The van der Waals surface area contributed by atoms with E-state index < -0.39 is 11.9 Å². The van der Waals surface area contributed by atoms with E-state index in [1.165, 1.54) is 5.57 Å². The summed E-state index contributed by atoms with van der Waals surface area (Å²) in [7, 11) is 0. The van der Waals surface area contributed by atoms with Crippen LogP contribution < -0.4 is 0 Å². The second-order valence-electron chi connectivity index (χ2n) is 7.54. The van der Waals surface area contributed by atoms with E-state index in [-0.39, 0.29) is 0 Å². The Morgan fingerprint density at radius 3 is 1.96 bits per heavy atom. The van der Waals surface area contributed by atoms with Gasteiger partial charge in [0.05, 0.1) is 0 Å². The Morgan fingerprint density at radius 1 is 1.00 bits per heavy atom. The Labute approximate surface area is 158 Å². The lowest BCUT2D eigenvalue weighted by atomic mass is 9.87. The second kappa shape index (κ2) is 9.70. The van der Waals surface area contributed by atoms with Crippen LogP contribution in [0.3, 0.4) is 0 Å². The fourth-order valence-corrected chi connectivity index (χ4v) is 3.25. The summed E-state index contributed by atoms with van der Waals surface area (Å²) >= 11 is 0. The van der Waals surface area contributed by atoms with Crippen molar-refractivity contribution in [1.82, 2.24) is 0 Å². The van der Waals surface area contributed by atoms with Gasteiger partial charge in [-0.25, -0.2) is 0 Å². The van der Waals surface area contributed by atoms with Crippen molar-refractivity contribution >= 4 is 0 Å². The molecule has 2 atom stereocenters. The standard InChI is InChI=1S/C24H32O2/c1-19(2)12-11-13-20(3)18-23(25)26-24(4,21-14-7-5-8-15-21)22-16-9-6-10-17-22/h5-10,12,14-17,20,23,25H,11,13,18H2,1-4H3. The van der Waals surface area contributed by atoms with E-state index in [1.807, 2.05) is 43.3 Å². The highest BCUT2D eigenvalue weighted by Gasteiger charge is 2.32. The molecule has 2 heteroatoms. The van der Waals surface area contributed by atoms with Crippen molar-refractivity contribution in [3.63, 3.8) is 0 Å². The fraction of sp³-hybridized carbons (Fsp3) is 0.417. The van der Waals surface area contributed by atoms with Gasteiger partial charge in [0.2, 0.25) is 0 Å². The maximum absolute atomic E-state index is 10.6. The Morgan fingerprint density at radius 2 is 1.50 bits per heavy atom. The molecule has 2 rings (SSSR count). The highest BCUT2D eigenvalue weighted by Crippen LogP contribution is 2.35. The molecule has 0 amide bonds. The normalized spacial score (nSPS) is 13.9. The van der Waals surface area contributed by atoms with Crippen molar-refractivity contribution in [2.75, 3.05) is 0 Å². The first kappa shape index (κ1) is 20.4. The van der Waals surface area contributed by atoms with Crippen LogP contribution in [-0.2, 0) is 10.3 Å². The van der Waals surface area contributed by atoms with Gasteiger partial charge in [-0.15, -0.1) is 0 Å². The van der Waals surface area contributed by atoms with E-state index in [1.54, 1.807) is 0 Å². The van der Waals surface area contributed by atoms with E-state index in [0.717, 1.165) is 24.0 Å². The molecule has 2 unspecified atom stereocenters. The van der Waals surface area contributed by atoms with Gasteiger partial charge in [-0.3, -0.25) is 0 Å². The van der Waals surface area contributed by atoms with Crippen LogP contribution in [0.4, 0.5) is 0 Å². The molecule has 140 valence electrons. The summed E-state index contributed by atoms with van der Waals surface area (Å²) in [5.74, 6) is 0.399. The van der Waals surface area contributed by atoms with Gasteiger partial charge >= 0.3 is 0 Å². The number of hydrogen-bond donors (Lipinski definition) is 1. The number of rotatable bonds is 9. The molecule has 2 aromatic rings. The number of allylic oxidation sites excluding steroid dienone is 2. The molecule has 0 aromatic heterocycles. The third-order valence-electron chi connectivity index (χ3n) is 4.84. The zero-order chi connectivity index (χ0) is 19.0. The monoisotopic (exact) mass is 352 g/mol. The Hall–Kier alpha value is -1.90. The maximum atomic E-state index is 10.6. The molecule has 2 aromatic carbocycles. The first-order chi connectivity index (χ1) is 12.4. The molecule has 0 radical (unpaired) electrons. The van der Waals surface area contributed by atoms with Crippen LogP contribution >= 0.6 is 0 Å². The SMILES string of the molecule is CC(C)=CCCC(C)CC(O)OC(C)(c1ccccc1)c1ccccc1. The minimum absolute atomic E-state index is 0.399. The van der Waals surface area contributed by atoms with E-state index in [2.05, 4.69) is 51.1 Å². The van der Waals surface area contributed by atoms with Crippen LogP contribution in [0.5, 0.6) is 0 Å². The molecule has 1 N–H and O–H groups in total. The van der Waals surface area contributed by atoms with E-state index in [0.29, 0.717) is 12.3 Å². The third kappa shape index (κ3) is 5.82. The summed E-state index contributed by atoms with van der Waals surface area (Å²) in [5, 5.41) is 10.6. The Kier molecular flexibility index (Phi) is 7.62.